The molecule has 0 fully saturated rings. The number of nitrogens with one attached hydrogen (secondary N) is 1. The first-order chi connectivity index (χ1) is 13.5. The van der Waals surface area contributed by atoms with E-state index in [1.54, 1.807) is 49.4 Å². The number of rotatable bonds is 7. The molecule has 3 aromatic carbocycles. The van der Waals surface area contributed by atoms with Gasteiger partial charge in [-0.15, -0.1) is 0 Å². The Hall–Kier alpha value is -2.69. The van der Waals surface area contributed by atoms with E-state index < -0.39 is 6.10 Å². The van der Waals surface area contributed by atoms with Crippen LogP contribution in [0, 0.1) is 0 Å². The summed E-state index contributed by atoms with van der Waals surface area (Å²) in [6.07, 6.45) is -0.729. The Balaban J connectivity index is 1.53. The molecule has 1 amide bonds. The van der Waals surface area contributed by atoms with Crippen molar-refractivity contribution >= 4 is 34.8 Å². The first-order valence-corrected chi connectivity index (χ1v) is 9.46. The number of amides is 1. The predicted molar refractivity (Wildman–Crippen MR) is 112 cm³/mol. The summed E-state index contributed by atoms with van der Waals surface area (Å²) in [6, 6.07) is 21.9. The molecule has 4 nitrogen and oxygen atoms in total. The van der Waals surface area contributed by atoms with Crippen LogP contribution in [0.2, 0.25) is 10.0 Å². The van der Waals surface area contributed by atoms with Crippen LogP contribution in [0.25, 0.3) is 0 Å². The molecule has 0 saturated carbocycles. The third kappa shape index (κ3) is 5.65. The van der Waals surface area contributed by atoms with Crippen LogP contribution in [0.3, 0.4) is 0 Å². The Labute approximate surface area is 174 Å². The molecule has 0 saturated heterocycles. The first kappa shape index (κ1) is 20.1. The number of halogens is 2. The highest BCUT2D eigenvalue weighted by molar-refractivity contribution is 6.35. The third-order valence-electron chi connectivity index (χ3n) is 3.94. The second-order valence-electron chi connectivity index (χ2n) is 6.12. The maximum Gasteiger partial charge on any atom is 0.265 e. The molecule has 3 rings (SSSR count). The van der Waals surface area contributed by atoms with E-state index in [-0.39, 0.29) is 5.91 Å². The summed E-state index contributed by atoms with van der Waals surface area (Å²) in [4.78, 5) is 12.4. The van der Waals surface area contributed by atoms with E-state index in [2.05, 4.69) is 5.32 Å². The molecule has 1 N–H and O–H groups in total. The zero-order valence-electron chi connectivity index (χ0n) is 15.2. The molecule has 0 radical (unpaired) electrons. The maximum atomic E-state index is 12.4. The van der Waals surface area contributed by atoms with Gasteiger partial charge in [-0.25, -0.2) is 0 Å². The number of hydrogen-bond acceptors (Lipinski definition) is 3. The molecule has 0 aliphatic carbocycles. The number of carbonyl (C=O) groups is 1. The van der Waals surface area contributed by atoms with Gasteiger partial charge in [0.05, 0.1) is 5.02 Å². The maximum absolute atomic E-state index is 12.4. The molecule has 28 heavy (non-hydrogen) atoms. The van der Waals surface area contributed by atoms with Crippen molar-refractivity contribution in [3.05, 3.63) is 88.4 Å². The van der Waals surface area contributed by atoms with E-state index in [1.165, 1.54) is 0 Å². The normalized spacial score (nSPS) is 11.5. The minimum Gasteiger partial charge on any atom is -0.489 e. The molecule has 0 unspecified atom stereocenters. The monoisotopic (exact) mass is 415 g/mol. The van der Waals surface area contributed by atoms with Crippen molar-refractivity contribution in [3.8, 4) is 11.5 Å². The van der Waals surface area contributed by atoms with Crippen LogP contribution >= 0.6 is 23.2 Å². The highest BCUT2D eigenvalue weighted by Crippen LogP contribution is 2.28. The molecule has 0 bridgehead atoms. The lowest BCUT2D eigenvalue weighted by Gasteiger charge is -2.16. The Bertz CT molecular complexity index is 930. The highest BCUT2D eigenvalue weighted by atomic mass is 35.5. The van der Waals surface area contributed by atoms with Gasteiger partial charge in [-0.2, -0.15) is 0 Å². The quantitative estimate of drug-likeness (QED) is 0.516. The summed E-state index contributed by atoms with van der Waals surface area (Å²) >= 11 is 11.9. The largest absolute Gasteiger partial charge is 0.489 e. The smallest absolute Gasteiger partial charge is 0.265 e. The molecule has 0 heterocycles. The number of benzene rings is 3. The van der Waals surface area contributed by atoms with Crippen LogP contribution in [0.1, 0.15) is 12.5 Å². The summed E-state index contributed by atoms with van der Waals surface area (Å²) in [5, 5.41) is 3.66. The summed E-state index contributed by atoms with van der Waals surface area (Å²) in [5.41, 5.74) is 1.74. The number of anilines is 1. The lowest BCUT2D eigenvalue weighted by atomic mass is 10.2. The Morgan fingerprint density at radius 2 is 1.71 bits per heavy atom. The van der Waals surface area contributed by atoms with E-state index in [0.29, 0.717) is 28.1 Å². The van der Waals surface area contributed by atoms with Crippen LogP contribution in [0.5, 0.6) is 11.5 Å². The van der Waals surface area contributed by atoms with Gasteiger partial charge >= 0.3 is 0 Å². The van der Waals surface area contributed by atoms with Crippen molar-refractivity contribution < 1.29 is 14.3 Å². The molecule has 144 valence electrons. The summed E-state index contributed by atoms with van der Waals surface area (Å²) < 4.78 is 11.4. The third-order valence-corrected chi connectivity index (χ3v) is 4.47. The molecule has 1 atom stereocenters. The lowest BCUT2D eigenvalue weighted by Crippen LogP contribution is -2.30. The van der Waals surface area contributed by atoms with Crippen LogP contribution in [0.15, 0.2) is 72.8 Å². The standard InChI is InChI=1S/C22H19Cl2NO3/c1-15(28-21-12-7-17(23)13-20(21)24)22(26)25-18-8-10-19(11-9-18)27-14-16-5-3-2-4-6-16/h2-13,15H,14H2,1H3,(H,25,26)/t15-/m1/s1. The number of ether oxygens (including phenoxy) is 2. The number of carbonyl (C=O) groups excluding carboxylic acids is 1. The van der Waals surface area contributed by atoms with Gasteiger partial charge in [0.1, 0.15) is 18.1 Å². The minimum absolute atomic E-state index is 0.288. The Kier molecular flexibility index (Phi) is 6.80. The zero-order chi connectivity index (χ0) is 19.9. The van der Waals surface area contributed by atoms with Gasteiger partial charge < -0.3 is 14.8 Å². The van der Waals surface area contributed by atoms with Gasteiger partial charge in [0.15, 0.2) is 6.10 Å². The fourth-order valence-corrected chi connectivity index (χ4v) is 2.89. The lowest BCUT2D eigenvalue weighted by molar-refractivity contribution is -0.122. The molecule has 6 heteroatoms. The highest BCUT2D eigenvalue weighted by Gasteiger charge is 2.16. The number of hydrogen-bond donors (Lipinski definition) is 1. The van der Waals surface area contributed by atoms with Crippen molar-refractivity contribution in [3.63, 3.8) is 0 Å². The SMILES string of the molecule is C[C@@H](Oc1ccc(Cl)cc1Cl)C(=O)Nc1ccc(OCc2ccccc2)cc1. The van der Waals surface area contributed by atoms with Crippen molar-refractivity contribution in [2.24, 2.45) is 0 Å². The molecular weight excluding hydrogens is 397 g/mol. The topological polar surface area (TPSA) is 47.6 Å². The van der Waals surface area contributed by atoms with E-state index in [0.717, 1.165) is 11.3 Å². The molecule has 0 aliphatic rings. The fraction of sp³-hybridized carbons (Fsp3) is 0.136. The van der Waals surface area contributed by atoms with Crippen LogP contribution in [-0.2, 0) is 11.4 Å². The van der Waals surface area contributed by atoms with E-state index >= 15 is 0 Å². The van der Waals surface area contributed by atoms with Crippen molar-refractivity contribution in [2.75, 3.05) is 5.32 Å². The Morgan fingerprint density at radius 3 is 2.39 bits per heavy atom. The van der Waals surface area contributed by atoms with E-state index in [9.17, 15) is 4.79 Å². The molecule has 0 aliphatic heterocycles. The first-order valence-electron chi connectivity index (χ1n) is 8.70. The summed E-state index contributed by atoms with van der Waals surface area (Å²) in [5.74, 6) is 0.835. The van der Waals surface area contributed by atoms with Crippen molar-refractivity contribution in [1.82, 2.24) is 0 Å². The van der Waals surface area contributed by atoms with Gasteiger partial charge in [-0.05, 0) is 55.0 Å². The van der Waals surface area contributed by atoms with Gasteiger partial charge in [0, 0.05) is 10.7 Å². The van der Waals surface area contributed by atoms with Crippen LogP contribution in [-0.4, -0.2) is 12.0 Å². The van der Waals surface area contributed by atoms with E-state index in [1.807, 2.05) is 30.3 Å². The fourth-order valence-electron chi connectivity index (χ4n) is 2.43. The van der Waals surface area contributed by atoms with Crippen molar-refractivity contribution in [2.45, 2.75) is 19.6 Å². The minimum atomic E-state index is -0.729. The van der Waals surface area contributed by atoms with Crippen LogP contribution < -0.4 is 14.8 Å². The second kappa shape index (κ2) is 9.49. The molecule has 0 spiro atoms. The average molecular weight is 416 g/mol. The van der Waals surface area contributed by atoms with Crippen molar-refractivity contribution in [1.29, 1.82) is 0 Å². The predicted octanol–water partition coefficient (Wildman–Crippen LogP) is 5.98. The Morgan fingerprint density at radius 1 is 1.00 bits per heavy atom. The second-order valence-corrected chi connectivity index (χ2v) is 6.97. The van der Waals surface area contributed by atoms with Gasteiger partial charge in [0.25, 0.3) is 5.91 Å². The van der Waals surface area contributed by atoms with Crippen LogP contribution in [0.4, 0.5) is 5.69 Å². The van der Waals surface area contributed by atoms with Gasteiger partial charge in [0.2, 0.25) is 0 Å². The summed E-state index contributed by atoms with van der Waals surface area (Å²) in [7, 11) is 0. The average Bonchev–Trinajstić information content (AvgIpc) is 2.70. The molecule has 0 aromatic heterocycles. The molecule has 3 aromatic rings. The van der Waals surface area contributed by atoms with Gasteiger partial charge in [-0.1, -0.05) is 53.5 Å². The zero-order valence-corrected chi connectivity index (χ0v) is 16.7. The van der Waals surface area contributed by atoms with E-state index in [4.69, 9.17) is 32.7 Å². The van der Waals surface area contributed by atoms with Gasteiger partial charge in [-0.3, -0.25) is 4.79 Å². The molecular formula is C22H19Cl2NO3. The summed E-state index contributed by atoms with van der Waals surface area (Å²) in [6.45, 7) is 2.14.